The lowest BCUT2D eigenvalue weighted by Gasteiger charge is -2.15. The number of halogens is 1. The van der Waals surface area contributed by atoms with Crippen molar-refractivity contribution < 1.29 is 24.2 Å². The zero-order valence-electron chi connectivity index (χ0n) is 14.2. The second-order valence-electron chi connectivity index (χ2n) is 5.31. The van der Waals surface area contributed by atoms with Crippen molar-refractivity contribution in [2.24, 2.45) is 5.73 Å². The van der Waals surface area contributed by atoms with E-state index < -0.39 is 11.9 Å². The van der Waals surface area contributed by atoms with Crippen molar-refractivity contribution in [1.82, 2.24) is 5.32 Å². The smallest absolute Gasteiger partial charge is 0.335 e. The summed E-state index contributed by atoms with van der Waals surface area (Å²) in [6, 6.07) is 12.1. The quantitative estimate of drug-likeness (QED) is 0.613. The van der Waals surface area contributed by atoms with E-state index >= 15 is 0 Å². The number of hydrogen-bond donors (Lipinski definition) is 3. The number of carbonyl (C=O) groups excluding carboxylic acids is 1. The fraction of sp³-hybridized carbons (Fsp3) is 0.222. The molecule has 140 valence electrons. The first kappa shape index (κ1) is 21.3. The SMILES string of the molecule is COc1cccc(CNCc2ccc(C(=O)O)cc2)c1OCC(N)=O.Cl. The van der Waals surface area contributed by atoms with Gasteiger partial charge in [0.15, 0.2) is 18.1 Å². The van der Waals surface area contributed by atoms with Crippen molar-refractivity contribution in [2.45, 2.75) is 13.1 Å². The van der Waals surface area contributed by atoms with Crippen LogP contribution < -0.4 is 20.5 Å². The van der Waals surface area contributed by atoms with Crippen molar-refractivity contribution >= 4 is 24.3 Å². The standard InChI is InChI=1S/C18H20N2O5.ClH/c1-24-15-4-2-3-14(17(15)25-11-16(19)21)10-20-9-12-5-7-13(8-6-12)18(22)23;/h2-8,20H,9-11H2,1H3,(H2,19,21)(H,22,23);1H. The van der Waals surface area contributed by atoms with Gasteiger partial charge >= 0.3 is 5.97 Å². The number of carboxylic acids is 1. The molecular weight excluding hydrogens is 360 g/mol. The highest BCUT2D eigenvalue weighted by Gasteiger charge is 2.11. The molecular formula is C18H21ClN2O5. The van der Waals surface area contributed by atoms with Crippen molar-refractivity contribution in [3.8, 4) is 11.5 Å². The Labute approximate surface area is 157 Å². The molecule has 0 fully saturated rings. The maximum absolute atomic E-state index is 11.0. The van der Waals surface area contributed by atoms with E-state index in [1.165, 1.54) is 7.11 Å². The Morgan fingerprint density at radius 1 is 1.12 bits per heavy atom. The van der Waals surface area contributed by atoms with Crippen LogP contribution in [0.15, 0.2) is 42.5 Å². The largest absolute Gasteiger partial charge is 0.493 e. The van der Waals surface area contributed by atoms with E-state index in [2.05, 4.69) is 5.32 Å². The number of carbonyl (C=O) groups is 2. The summed E-state index contributed by atoms with van der Waals surface area (Å²) in [5.41, 5.74) is 7.15. The van der Waals surface area contributed by atoms with Gasteiger partial charge in [-0.2, -0.15) is 0 Å². The molecule has 0 aliphatic heterocycles. The van der Waals surface area contributed by atoms with Gasteiger partial charge in [-0.1, -0.05) is 24.3 Å². The average Bonchev–Trinajstić information content (AvgIpc) is 2.60. The molecule has 0 heterocycles. The summed E-state index contributed by atoms with van der Waals surface area (Å²) in [6.45, 7) is 0.794. The third-order valence-electron chi connectivity index (χ3n) is 3.48. The summed E-state index contributed by atoms with van der Waals surface area (Å²) in [6.07, 6.45) is 0. The minimum absolute atomic E-state index is 0. The Kier molecular flexibility index (Phi) is 8.41. The number of primary amides is 1. The van der Waals surface area contributed by atoms with Gasteiger partial charge in [0, 0.05) is 18.7 Å². The molecule has 0 saturated carbocycles. The number of rotatable bonds is 9. The molecule has 0 unspecified atom stereocenters. The number of nitrogens with two attached hydrogens (primary N) is 1. The molecule has 4 N–H and O–H groups in total. The van der Waals surface area contributed by atoms with Crippen LogP contribution in [-0.4, -0.2) is 30.7 Å². The molecule has 0 aliphatic carbocycles. The number of aromatic carboxylic acids is 1. The minimum Gasteiger partial charge on any atom is -0.493 e. The van der Waals surface area contributed by atoms with E-state index in [0.717, 1.165) is 11.1 Å². The molecule has 0 atom stereocenters. The zero-order valence-corrected chi connectivity index (χ0v) is 15.0. The molecule has 0 aromatic heterocycles. The van der Waals surface area contributed by atoms with Gasteiger partial charge in [-0.25, -0.2) is 4.79 Å². The molecule has 0 bridgehead atoms. The van der Waals surface area contributed by atoms with E-state index in [1.807, 2.05) is 12.1 Å². The predicted molar refractivity (Wildman–Crippen MR) is 98.9 cm³/mol. The highest BCUT2D eigenvalue weighted by Crippen LogP contribution is 2.31. The van der Waals surface area contributed by atoms with E-state index in [0.29, 0.717) is 24.6 Å². The Balaban J connectivity index is 0.00000338. The fourth-order valence-corrected chi connectivity index (χ4v) is 2.28. The van der Waals surface area contributed by atoms with Crippen LogP contribution in [0, 0.1) is 0 Å². The lowest BCUT2D eigenvalue weighted by atomic mass is 10.1. The van der Waals surface area contributed by atoms with Gasteiger partial charge in [0.25, 0.3) is 5.91 Å². The van der Waals surface area contributed by atoms with Crippen LogP contribution in [0.25, 0.3) is 0 Å². The van der Waals surface area contributed by atoms with Crippen LogP contribution in [0.5, 0.6) is 11.5 Å². The van der Waals surface area contributed by atoms with Crippen LogP contribution in [0.4, 0.5) is 0 Å². The molecule has 2 aromatic carbocycles. The summed E-state index contributed by atoms with van der Waals surface area (Å²) >= 11 is 0. The summed E-state index contributed by atoms with van der Waals surface area (Å²) in [5, 5.41) is 12.1. The number of para-hydroxylation sites is 1. The summed E-state index contributed by atoms with van der Waals surface area (Å²) in [4.78, 5) is 21.8. The van der Waals surface area contributed by atoms with Gasteiger partial charge in [-0.05, 0) is 23.8 Å². The Morgan fingerprint density at radius 2 is 1.81 bits per heavy atom. The number of amides is 1. The van der Waals surface area contributed by atoms with Crippen molar-refractivity contribution in [2.75, 3.05) is 13.7 Å². The first-order chi connectivity index (χ1) is 12.0. The highest BCUT2D eigenvalue weighted by molar-refractivity contribution is 5.87. The Morgan fingerprint density at radius 3 is 2.38 bits per heavy atom. The molecule has 0 spiro atoms. The van der Waals surface area contributed by atoms with Crippen LogP contribution in [0.1, 0.15) is 21.5 Å². The van der Waals surface area contributed by atoms with Gasteiger partial charge < -0.3 is 25.6 Å². The average molecular weight is 381 g/mol. The number of carboxylic acid groups (broad SMARTS) is 1. The predicted octanol–water partition coefficient (Wildman–Crippen LogP) is 1.97. The summed E-state index contributed by atoms with van der Waals surface area (Å²) in [5.74, 6) is -0.528. The molecule has 7 nitrogen and oxygen atoms in total. The fourth-order valence-electron chi connectivity index (χ4n) is 2.28. The maximum Gasteiger partial charge on any atom is 0.335 e. The van der Waals surface area contributed by atoms with Gasteiger partial charge in [0.2, 0.25) is 0 Å². The first-order valence-electron chi connectivity index (χ1n) is 7.61. The third kappa shape index (κ3) is 5.94. The number of ether oxygens (including phenoxy) is 2. The maximum atomic E-state index is 11.0. The van der Waals surface area contributed by atoms with E-state index in [4.69, 9.17) is 20.3 Å². The number of methoxy groups -OCH3 is 1. The van der Waals surface area contributed by atoms with E-state index in [1.54, 1.807) is 30.3 Å². The van der Waals surface area contributed by atoms with Gasteiger partial charge in [0.05, 0.1) is 12.7 Å². The molecule has 2 aromatic rings. The third-order valence-corrected chi connectivity index (χ3v) is 3.48. The highest BCUT2D eigenvalue weighted by atomic mass is 35.5. The number of nitrogens with one attached hydrogen (secondary N) is 1. The zero-order chi connectivity index (χ0) is 18.2. The summed E-state index contributed by atoms with van der Waals surface area (Å²) < 4.78 is 10.7. The van der Waals surface area contributed by atoms with Gasteiger partial charge in [-0.15, -0.1) is 12.4 Å². The molecule has 2 rings (SSSR count). The lowest BCUT2D eigenvalue weighted by molar-refractivity contribution is -0.119. The van der Waals surface area contributed by atoms with Crippen LogP contribution in [0.3, 0.4) is 0 Å². The topological polar surface area (TPSA) is 111 Å². The van der Waals surface area contributed by atoms with Crippen molar-refractivity contribution in [3.63, 3.8) is 0 Å². The number of benzene rings is 2. The normalized spacial score (nSPS) is 9.88. The molecule has 1 amide bonds. The number of hydrogen-bond acceptors (Lipinski definition) is 5. The Bertz CT molecular complexity index is 750. The molecule has 0 aliphatic rings. The first-order valence-corrected chi connectivity index (χ1v) is 7.61. The van der Waals surface area contributed by atoms with Crippen LogP contribution >= 0.6 is 12.4 Å². The molecule has 26 heavy (non-hydrogen) atoms. The van der Waals surface area contributed by atoms with Gasteiger partial charge in [-0.3, -0.25) is 4.79 Å². The van der Waals surface area contributed by atoms with Crippen molar-refractivity contribution in [1.29, 1.82) is 0 Å². The second kappa shape index (κ2) is 10.3. The Hall–Kier alpha value is -2.77. The molecule has 0 saturated heterocycles. The second-order valence-corrected chi connectivity index (χ2v) is 5.31. The monoisotopic (exact) mass is 380 g/mol. The lowest BCUT2D eigenvalue weighted by Crippen LogP contribution is -2.21. The molecule has 8 heteroatoms. The van der Waals surface area contributed by atoms with Crippen LogP contribution in [0.2, 0.25) is 0 Å². The summed E-state index contributed by atoms with van der Waals surface area (Å²) in [7, 11) is 1.52. The van der Waals surface area contributed by atoms with E-state index in [-0.39, 0.29) is 24.6 Å². The molecule has 0 radical (unpaired) electrons. The van der Waals surface area contributed by atoms with Crippen LogP contribution in [-0.2, 0) is 17.9 Å². The van der Waals surface area contributed by atoms with Crippen molar-refractivity contribution in [3.05, 3.63) is 59.2 Å². The van der Waals surface area contributed by atoms with E-state index in [9.17, 15) is 9.59 Å². The minimum atomic E-state index is -0.952. The van der Waals surface area contributed by atoms with Gasteiger partial charge in [0.1, 0.15) is 0 Å².